The first kappa shape index (κ1) is 7.48. The second-order valence-corrected chi connectivity index (χ2v) is 2.52. The molecule has 0 aromatic heterocycles. The van der Waals surface area contributed by atoms with Crippen molar-refractivity contribution in [2.24, 2.45) is 0 Å². The maximum atomic E-state index is 11.0. The zero-order chi connectivity index (χ0) is 7.40. The van der Waals surface area contributed by atoms with E-state index in [0.29, 0.717) is 6.42 Å². The van der Waals surface area contributed by atoms with E-state index in [-0.39, 0.29) is 12.4 Å². The maximum Gasteiger partial charge on any atom is 0.160 e. The smallest absolute Gasteiger partial charge is 0.160 e. The Labute approximate surface area is 60.6 Å². The molecular weight excluding hydrogens is 128 g/mol. The van der Waals surface area contributed by atoms with Crippen LogP contribution in [-0.4, -0.2) is 17.5 Å². The molecular formula is C8H12O2. The Balaban J connectivity index is 2.40. The third-order valence-corrected chi connectivity index (χ3v) is 1.74. The molecule has 0 saturated heterocycles. The van der Waals surface area contributed by atoms with Crippen LogP contribution in [0, 0.1) is 0 Å². The number of Topliss-reactive ketones (excluding diaryl/α,β-unsaturated/α-hetero) is 1. The molecule has 0 saturated carbocycles. The van der Waals surface area contributed by atoms with E-state index in [1.165, 1.54) is 0 Å². The fraction of sp³-hybridized carbons (Fsp3) is 0.625. The predicted octanol–water partition coefficient (Wildman–Crippen LogP) is 1.05. The van der Waals surface area contributed by atoms with Gasteiger partial charge >= 0.3 is 0 Å². The molecule has 1 N–H and O–H groups in total. The molecule has 0 fully saturated rings. The van der Waals surface area contributed by atoms with Crippen molar-refractivity contribution in [2.45, 2.75) is 25.7 Å². The number of aliphatic hydroxyl groups excluding tert-OH is 1. The van der Waals surface area contributed by atoms with Crippen LogP contribution in [0.25, 0.3) is 0 Å². The third kappa shape index (κ3) is 1.67. The van der Waals surface area contributed by atoms with Crippen LogP contribution in [0.4, 0.5) is 0 Å². The molecule has 0 atom stereocenters. The Morgan fingerprint density at radius 1 is 1.70 bits per heavy atom. The number of hydrogen-bond acceptors (Lipinski definition) is 2. The Hall–Kier alpha value is -0.630. The van der Waals surface area contributed by atoms with Gasteiger partial charge in [-0.15, -0.1) is 0 Å². The summed E-state index contributed by atoms with van der Waals surface area (Å²) in [6.07, 6.45) is 5.33. The van der Waals surface area contributed by atoms with E-state index in [2.05, 4.69) is 0 Å². The van der Waals surface area contributed by atoms with E-state index in [9.17, 15) is 4.79 Å². The minimum atomic E-state index is -0.0177. The highest BCUT2D eigenvalue weighted by Crippen LogP contribution is 2.18. The second kappa shape index (κ2) is 3.52. The number of allylic oxidation sites excluding steroid dienone is 2. The molecule has 1 aliphatic rings. The SMILES string of the molecule is O=C(CCO)C1=CCCC1. The summed E-state index contributed by atoms with van der Waals surface area (Å²) in [4.78, 5) is 11.0. The van der Waals surface area contributed by atoms with Crippen molar-refractivity contribution >= 4 is 5.78 Å². The average molecular weight is 140 g/mol. The first-order valence-electron chi connectivity index (χ1n) is 3.67. The number of carbonyl (C=O) groups is 1. The quantitative estimate of drug-likeness (QED) is 0.636. The van der Waals surface area contributed by atoms with Gasteiger partial charge in [0.2, 0.25) is 0 Å². The lowest BCUT2D eigenvalue weighted by molar-refractivity contribution is -0.116. The lowest BCUT2D eigenvalue weighted by atomic mass is 10.1. The van der Waals surface area contributed by atoms with Gasteiger partial charge in [-0.1, -0.05) is 6.08 Å². The van der Waals surface area contributed by atoms with Gasteiger partial charge in [0.25, 0.3) is 0 Å². The van der Waals surface area contributed by atoms with Gasteiger partial charge in [0.15, 0.2) is 5.78 Å². The summed E-state index contributed by atoms with van der Waals surface area (Å²) in [5.41, 5.74) is 0.925. The monoisotopic (exact) mass is 140 g/mol. The van der Waals surface area contributed by atoms with Gasteiger partial charge in [-0.3, -0.25) is 4.79 Å². The Bertz CT molecular complexity index is 159. The van der Waals surface area contributed by atoms with Crippen LogP contribution in [-0.2, 0) is 4.79 Å². The van der Waals surface area contributed by atoms with Crippen molar-refractivity contribution in [3.63, 3.8) is 0 Å². The summed E-state index contributed by atoms with van der Waals surface area (Å²) >= 11 is 0. The van der Waals surface area contributed by atoms with Gasteiger partial charge in [-0.25, -0.2) is 0 Å². The molecule has 0 aromatic carbocycles. The van der Waals surface area contributed by atoms with Gasteiger partial charge in [0.1, 0.15) is 0 Å². The van der Waals surface area contributed by atoms with Crippen LogP contribution in [0.5, 0.6) is 0 Å². The summed E-state index contributed by atoms with van der Waals surface area (Å²) in [6, 6.07) is 0. The van der Waals surface area contributed by atoms with Gasteiger partial charge in [0.05, 0.1) is 6.61 Å². The standard InChI is InChI=1S/C8H12O2/c9-6-5-8(10)7-3-1-2-4-7/h3,9H,1-2,4-6H2. The van der Waals surface area contributed by atoms with Crippen LogP contribution < -0.4 is 0 Å². The minimum Gasteiger partial charge on any atom is -0.396 e. The van der Waals surface area contributed by atoms with Crippen molar-refractivity contribution in [3.05, 3.63) is 11.6 Å². The maximum absolute atomic E-state index is 11.0. The first-order valence-corrected chi connectivity index (χ1v) is 3.67. The van der Waals surface area contributed by atoms with E-state index < -0.39 is 0 Å². The zero-order valence-electron chi connectivity index (χ0n) is 5.97. The van der Waals surface area contributed by atoms with Crippen molar-refractivity contribution in [1.29, 1.82) is 0 Å². The van der Waals surface area contributed by atoms with Crippen molar-refractivity contribution < 1.29 is 9.90 Å². The number of rotatable bonds is 3. The van der Waals surface area contributed by atoms with Crippen LogP contribution in [0.3, 0.4) is 0 Å². The fourth-order valence-corrected chi connectivity index (χ4v) is 1.19. The Kier molecular flexibility index (Phi) is 2.63. The molecule has 0 heterocycles. The molecule has 1 aliphatic carbocycles. The molecule has 2 heteroatoms. The minimum absolute atomic E-state index is 0.0177. The molecule has 0 aliphatic heterocycles. The molecule has 0 radical (unpaired) electrons. The summed E-state index contributed by atoms with van der Waals surface area (Å²) in [7, 11) is 0. The zero-order valence-corrected chi connectivity index (χ0v) is 5.97. The second-order valence-electron chi connectivity index (χ2n) is 2.52. The highest BCUT2D eigenvalue weighted by Gasteiger charge is 2.11. The highest BCUT2D eigenvalue weighted by molar-refractivity contribution is 5.95. The number of ketones is 1. The van der Waals surface area contributed by atoms with Gasteiger partial charge in [-0.05, 0) is 24.8 Å². The van der Waals surface area contributed by atoms with Gasteiger partial charge < -0.3 is 5.11 Å². The predicted molar refractivity (Wildman–Crippen MR) is 38.6 cm³/mol. The largest absolute Gasteiger partial charge is 0.396 e. The van der Waals surface area contributed by atoms with Crippen molar-refractivity contribution in [3.8, 4) is 0 Å². The van der Waals surface area contributed by atoms with Gasteiger partial charge in [0, 0.05) is 6.42 Å². The molecule has 10 heavy (non-hydrogen) atoms. The van der Waals surface area contributed by atoms with Crippen molar-refractivity contribution in [2.75, 3.05) is 6.61 Å². The molecule has 0 unspecified atom stereocenters. The molecule has 0 bridgehead atoms. The number of hydrogen-bond donors (Lipinski definition) is 1. The molecule has 0 aromatic rings. The van der Waals surface area contributed by atoms with Crippen LogP contribution in [0.2, 0.25) is 0 Å². The molecule has 2 nitrogen and oxygen atoms in total. The van der Waals surface area contributed by atoms with E-state index >= 15 is 0 Å². The molecule has 56 valence electrons. The summed E-state index contributed by atoms with van der Waals surface area (Å²) in [5.74, 6) is 0.125. The Morgan fingerprint density at radius 2 is 2.50 bits per heavy atom. The highest BCUT2D eigenvalue weighted by atomic mass is 16.3. The molecule has 0 amide bonds. The van der Waals surface area contributed by atoms with E-state index in [4.69, 9.17) is 5.11 Å². The summed E-state index contributed by atoms with van der Waals surface area (Å²) in [5, 5.41) is 8.45. The normalized spacial score (nSPS) is 17.1. The van der Waals surface area contributed by atoms with Gasteiger partial charge in [-0.2, -0.15) is 0 Å². The third-order valence-electron chi connectivity index (χ3n) is 1.74. The number of carbonyl (C=O) groups excluding carboxylic acids is 1. The molecule has 1 rings (SSSR count). The van der Waals surface area contributed by atoms with Crippen LogP contribution in [0.1, 0.15) is 25.7 Å². The first-order chi connectivity index (χ1) is 4.84. The lowest BCUT2D eigenvalue weighted by Gasteiger charge is -1.96. The average Bonchev–Trinajstić information content (AvgIpc) is 2.38. The lowest BCUT2D eigenvalue weighted by Crippen LogP contribution is -2.02. The summed E-state index contributed by atoms with van der Waals surface area (Å²) in [6.45, 7) is -0.0177. The van der Waals surface area contributed by atoms with Crippen molar-refractivity contribution in [1.82, 2.24) is 0 Å². The van der Waals surface area contributed by atoms with Crippen LogP contribution >= 0.6 is 0 Å². The summed E-state index contributed by atoms with van der Waals surface area (Å²) < 4.78 is 0. The number of aliphatic hydroxyl groups is 1. The molecule has 0 spiro atoms. The van der Waals surface area contributed by atoms with Crippen LogP contribution in [0.15, 0.2) is 11.6 Å². The van der Waals surface area contributed by atoms with E-state index in [0.717, 1.165) is 24.8 Å². The Morgan fingerprint density at radius 3 is 3.00 bits per heavy atom. The van der Waals surface area contributed by atoms with E-state index in [1.54, 1.807) is 0 Å². The van der Waals surface area contributed by atoms with E-state index in [1.807, 2.05) is 6.08 Å². The fourth-order valence-electron chi connectivity index (χ4n) is 1.19. The topological polar surface area (TPSA) is 37.3 Å².